The number of hydrogen-bond donors (Lipinski definition) is 2. The van der Waals surface area contributed by atoms with Crippen LogP contribution < -0.4 is 10.1 Å². The summed E-state index contributed by atoms with van der Waals surface area (Å²) in [5.74, 6) is 0.321. The van der Waals surface area contributed by atoms with Crippen molar-refractivity contribution in [3.63, 3.8) is 0 Å². The zero-order chi connectivity index (χ0) is 16.4. The standard InChI is InChI=1S/C17H22ClNO4/c1-11-2-3-12(18)13(8-11)23-10-16(21)19-14-9-15(20)17(14)4-6-22-7-5-17/h2-3,8,14-15,20H,4-7,9-10H2,1H3,(H,19,21)/t14-,15-/m1/s1. The maximum atomic E-state index is 12.2. The van der Waals surface area contributed by atoms with E-state index >= 15 is 0 Å². The number of hydrogen-bond acceptors (Lipinski definition) is 4. The molecule has 2 atom stereocenters. The summed E-state index contributed by atoms with van der Waals surface area (Å²) in [4.78, 5) is 12.2. The van der Waals surface area contributed by atoms with Crippen LogP contribution in [0.5, 0.6) is 5.75 Å². The van der Waals surface area contributed by atoms with Gasteiger partial charge in [-0.3, -0.25) is 4.79 Å². The second kappa shape index (κ2) is 6.67. The number of aryl methyl sites for hydroxylation is 1. The van der Waals surface area contributed by atoms with Crippen molar-refractivity contribution in [2.75, 3.05) is 19.8 Å². The van der Waals surface area contributed by atoms with Gasteiger partial charge in [0.25, 0.3) is 5.91 Å². The molecule has 3 rings (SSSR count). The Morgan fingerprint density at radius 2 is 2.22 bits per heavy atom. The van der Waals surface area contributed by atoms with E-state index in [0.717, 1.165) is 18.4 Å². The zero-order valence-corrected chi connectivity index (χ0v) is 13.9. The number of aliphatic hydroxyl groups excluding tert-OH is 1. The fraction of sp³-hybridized carbons (Fsp3) is 0.588. The van der Waals surface area contributed by atoms with E-state index in [2.05, 4.69) is 5.32 Å². The lowest BCUT2D eigenvalue weighted by Gasteiger charge is -2.55. The third-order valence-corrected chi connectivity index (χ3v) is 5.33. The van der Waals surface area contributed by atoms with Gasteiger partial charge >= 0.3 is 0 Å². The molecule has 126 valence electrons. The number of amides is 1. The van der Waals surface area contributed by atoms with Crippen molar-refractivity contribution in [2.45, 2.75) is 38.3 Å². The minimum absolute atomic E-state index is 0.00881. The largest absolute Gasteiger partial charge is 0.482 e. The van der Waals surface area contributed by atoms with Gasteiger partial charge in [-0.1, -0.05) is 17.7 Å². The first kappa shape index (κ1) is 16.6. The molecule has 2 aliphatic rings. The number of nitrogens with one attached hydrogen (secondary N) is 1. The van der Waals surface area contributed by atoms with Gasteiger partial charge in [0.2, 0.25) is 0 Å². The van der Waals surface area contributed by atoms with Gasteiger partial charge < -0.3 is 19.9 Å². The van der Waals surface area contributed by atoms with Crippen LogP contribution in [0, 0.1) is 12.3 Å². The predicted octanol–water partition coefficient (Wildman–Crippen LogP) is 2.07. The van der Waals surface area contributed by atoms with Crippen LogP contribution in [0.4, 0.5) is 0 Å². The summed E-state index contributed by atoms with van der Waals surface area (Å²) < 4.78 is 10.9. The second-order valence-corrected chi connectivity index (χ2v) is 6.85. The topological polar surface area (TPSA) is 67.8 Å². The smallest absolute Gasteiger partial charge is 0.258 e. The summed E-state index contributed by atoms with van der Waals surface area (Å²) >= 11 is 6.06. The molecule has 1 aliphatic heterocycles. The van der Waals surface area contributed by atoms with Gasteiger partial charge in [0.15, 0.2) is 6.61 Å². The minimum Gasteiger partial charge on any atom is -0.482 e. The Bertz CT molecular complexity index is 586. The van der Waals surface area contributed by atoms with Crippen molar-refractivity contribution in [1.29, 1.82) is 0 Å². The Kier molecular flexibility index (Phi) is 4.80. The lowest BCUT2D eigenvalue weighted by Crippen LogP contribution is -2.66. The number of carbonyl (C=O) groups excluding carboxylic acids is 1. The highest BCUT2D eigenvalue weighted by atomic mass is 35.5. The summed E-state index contributed by atoms with van der Waals surface area (Å²) in [6.07, 6.45) is 1.80. The lowest BCUT2D eigenvalue weighted by atomic mass is 9.58. The molecule has 1 saturated heterocycles. The lowest BCUT2D eigenvalue weighted by molar-refractivity contribution is -0.156. The van der Waals surface area contributed by atoms with Crippen LogP contribution >= 0.6 is 11.6 Å². The summed E-state index contributed by atoms with van der Waals surface area (Å²) in [5.41, 5.74) is 0.794. The van der Waals surface area contributed by atoms with Crippen LogP contribution in [-0.2, 0) is 9.53 Å². The third-order valence-electron chi connectivity index (χ3n) is 5.02. The van der Waals surface area contributed by atoms with E-state index in [1.165, 1.54) is 0 Å². The normalized spacial score (nSPS) is 25.7. The molecule has 1 saturated carbocycles. The maximum absolute atomic E-state index is 12.2. The Balaban J connectivity index is 1.54. The Hall–Kier alpha value is -1.30. The first-order chi connectivity index (χ1) is 11.0. The molecule has 6 heteroatoms. The van der Waals surface area contributed by atoms with E-state index < -0.39 is 0 Å². The monoisotopic (exact) mass is 339 g/mol. The molecule has 0 aromatic heterocycles. The first-order valence-electron chi connectivity index (χ1n) is 7.95. The highest BCUT2D eigenvalue weighted by molar-refractivity contribution is 6.32. The van der Waals surface area contributed by atoms with Gasteiger partial charge in [0.05, 0.1) is 11.1 Å². The van der Waals surface area contributed by atoms with Crippen LogP contribution in [0.2, 0.25) is 5.02 Å². The first-order valence-corrected chi connectivity index (χ1v) is 8.33. The minimum atomic E-state index is -0.358. The molecule has 5 nitrogen and oxygen atoms in total. The molecule has 0 radical (unpaired) electrons. The fourth-order valence-corrected chi connectivity index (χ4v) is 3.67. The van der Waals surface area contributed by atoms with Crippen molar-refractivity contribution in [2.24, 2.45) is 5.41 Å². The number of ether oxygens (including phenoxy) is 2. The molecule has 1 aromatic carbocycles. The molecular weight excluding hydrogens is 318 g/mol. The highest BCUT2D eigenvalue weighted by Crippen LogP contribution is 2.48. The summed E-state index contributed by atoms with van der Waals surface area (Å²) in [5, 5.41) is 13.6. The van der Waals surface area contributed by atoms with Crippen LogP contribution in [0.1, 0.15) is 24.8 Å². The number of aliphatic hydroxyl groups is 1. The molecule has 23 heavy (non-hydrogen) atoms. The SMILES string of the molecule is Cc1ccc(Cl)c(OCC(=O)N[C@@H]2C[C@@H](O)C23CCOCC3)c1. The Morgan fingerprint density at radius 1 is 1.48 bits per heavy atom. The molecule has 2 fully saturated rings. The highest BCUT2D eigenvalue weighted by Gasteiger charge is 2.55. The summed E-state index contributed by atoms with van der Waals surface area (Å²) in [6, 6.07) is 5.44. The van der Waals surface area contributed by atoms with Crippen LogP contribution in [0.15, 0.2) is 18.2 Å². The molecule has 0 unspecified atom stereocenters. The third kappa shape index (κ3) is 3.32. The maximum Gasteiger partial charge on any atom is 0.258 e. The Morgan fingerprint density at radius 3 is 2.91 bits per heavy atom. The fourth-order valence-electron chi connectivity index (χ4n) is 3.50. The average molecular weight is 340 g/mol. The molecule has 1 amide bonds. The van der Waals surface area contributed by atoms with E-state index in [1.54, 1.807) is 6.07 Å². The van der Waals surface area contributed by atoms with Crippen molar-refractivity contribution in [3.8, 4) is 5.75 Å². The van der Waals surface area contributed by atoms with Gasteiger partial charge in [0.1, 0.15) is 5.75 Å². The summed E-state index contributed by atoms with van der Waals surface area (Å²) in [7, 11) is 0. The van der Waals surface area contributed by atoms with Crippen LogP contribution in [-0.4, -0.2) is 43.0 Å². The molecule has 1 aliphatic carbocycles. The molecule has 1 aromatic rings. The summed E-state index contributed by atoms with van der Waals surface area (Å²) in [6.45, 7) is 3.13. The number of carbonyl (C=O) groups is 1. The van der Waals surface area contributed by atoms with Gasteiger partial charge in [0, 0.05) is 24.7 Å². The average Bonchev–Trinajstić information content (AvgIpc) is 2.56. The molecule has 0 bridgehead atoms. The van der Waals surface area contributed by atoms with E-state index in [0.29, 0.717) is 30.4 Å². The Labute approximate surface area is 140 Å². The van der Waals surface area contributed by atoms with Gasteiger partial charge in [-0.25, -0.2) is 0 Å². The number of rotatable bonds is 4. The molecule has 1 heterocycles. The molecule has 1 spiro atoms. The quantitative estimate of drug-likeness (QED) is 0.881. The van der Waals surface area contributed by atoms with Crippen molar-refractivity contribution >= 4 is 17.5 Å². The van der Waals surface area contributed by atoms with Gasteiger partial charge in [-0.2, -0.15) is 0 Å². The van der Waals surface area contributed by atoms with Gasteiger partial charge in [-0.05, 0) is 43.9 Å². The zero-order valence-electron chi connectivity index (χ0n) is 13.2. The molecule has 2 N–H and O–H groups in total. The van der Waals surface area contributed by atoms with Gasteiger partial charge in [-0.15, -0.1) is 0 Å². The molecular formula is C17H22ClNO4. The van der Waals surface area contributed by atoms with Crippen molar-refractivity contribution in [1.82, 2.24) is 5.32 Å². The van der Waals surface area contributed by atoms with Crippen molar-refractivity contribution in [3.05, 3.63) is 28.8 Å². The predicted molar refractivity (Wildman–Crippen MR) is 86.7 cm³/mol. The van der Waals surface area contributed by atoms with Crippen LogP contribution in [0.25, 0.3) is 0 Å². The van der Waals surface area contributed by atoms with E-state index in [1.807, 2.05) is 19.1 Å². The van der Waals surface area contributed by atoms with E-state index in [-0.39, 0.29) is 30.1 Å². The van der Waals surface area contributed by atoms with Crippen LogP contribution in [0.3, 0.4) is 0 Å². The number of benzene rings is 1. The van der Waals surface area contributed by atoms with E-state index in [4.69, 9.17) is 21.1 Å². The second-order valence-electron chi connectivity index (χ2n) is 6.44. The number of halogens is 1. The van der Waals surface area contributed by atoms with E-state index in [9.17, 15) is 9.90 Å². The van der Waals surface area contributed by atoms with Crippen molar-refractivity contribution < 1.29 is 19.4 Å².